The molecule has 6 aromatic rings. The Morgan fingerprint density at radius 1 is 0.730 bits per heavy atom. The van der Waals surface area contributed by atoms with Gasteiger partial charge in [-0.25, -0.2) is 19.7 Å². The standard InChI is InChI=1S/C46H50N6O11/c1-55-35-13-8-32(9-14-35)46(31-6-4-3-5-7-31,33-10-15-36(56-2)16-11-33)62-28-40-37(53)27-41(63-40)52-30-49-42-43(47-29-48-44(42)52)51-45(54)50-34-12-17-38-39(26-34)61-25-23-59-21-19-57-18-20-58-22-24-60-38/h3-17,26,29-30,37,40-41,53H,18-25,27-28H2,1-2H3,(H2,47,48,50,51,54)/t37-,40+,41+/m0/s1. The van der Waals surface area contributed by atoms with Gasteiger partial charge in [0.25, 0.3) is 0 Å². The lowest BCUT2D eigenvalue weighted by molar-refractivity contribution is -0.0931. The van der Waals surface area contributed by atoms with Crippen molar-refractivity contribution in [3.8, 4) is 23.0 Å². The van der Waals surface area contributed by atoms with Crippen LogP contribution in [0.4, 0.5) is 16.3 Å². The number of hydrogen-bond acceptors (Lipinski definition) is 14. The Balaban J connectivity index is 0.971. The van der Waals surface area contributed by atoms with Crippen LogP contribution in [-0.4, -0.2) is 117 Å². The zero-order chi connectivity index (χ0) is 43.4. The molecule has 8 rings (SSSR count). The predicted molar refractivity (Wildman–Crippen MR) is 231 cm³/mol. The minimum absolute atomic E-state index is 0.0245. The number of urea groups is 1. The maximum Gasteiger partial charge on any atom is 0.324 e. The molecule has 0 bridgehead atoms. The molecular formula is C46H50N6O11. The van der Waals surface area contributed by atoms with Crippen molar-refractivity contribution in [2.24, 2.45) is 0 Å². The third-order valence-corrected chi connectivity index (χ3v) is 10.7. The van der Waals surface area contributed by atoms with Gasteiger partial charge in [0, 0.05) is 18.2 Å². The average molecular weight is 863 g/mol. The lowest BCUT2D eigenvalue weighted by Gasteiger charge is -2.37. The topological polar surface area (TPSA) is 188 Å². The molecule has 0 radical (unpaired) electrons. The smallest absolute Gasteiger partial charge is 0.324 e. The Morgan fingerprint density at radius 3 is 1.97 bits per heavy atom. The van der Waals surface area contributed by atoms with Crippen LogP contribution < -0.4 is 29.6 Å². The first kappa shape index (κ1) is 43.3. The largest absolute Gasteiger partial charge is 0.497 e. The quantitative estimate of drug-likeness (QED) is 0.129. The Kier molecular flexibility index (Phi) is 14.2. The number of rotatable bonds is 11. The van der Waals surface area contributed by atoms with Gasteiger partial charge in [-0.1, -0.05) is 54.6 Å². The first-order valence-electron chi connectivity index (χ1n) is 20.7. The number of carbonyl (C=O) groups excluding carboxylic acids is 1. The molecule has 330 valence electrons. The molecule has 63 heavy (non-hydrogen) atoms. The van der Waals surface area contributed by atoms with Crippen molar-refractivity contribution >= 4 is 28.7 Å². The molecule has 17 heteroatoms. The molecule has 0 aliphatic carbocycles. The summed E-state index contributed by atoms with van der Waals surface area (Å²) >= 11 is 0. The maximum absolute atomic E-state index is 13.4. The highest BCUT2D eigenvalue weighted by molar-refractivity contribution is 6.03. The van der Waals surface area contributed by atoms with Crippen LogP contribution in [0.2, 0.25) is 0 Å². The highest BCUT2D eigenvalue weighted by atomic mass is 16.6. The van der Waals surface area contributed by atoms with Gasteiger partial charge in [-0.15, -0.1) is 0 Å². The van der Waals surface area contributed by atoms with Gasteiger partial charge in [0.15, 0.2) is 28.5 Å². The van der Waals surface area contributed by atoms with E-state index in [9.17, 15) is 9.90 Å². The van der Waals surface area contributed by atoms with Gasteiger partial charge in [0.1, 0.15) is 49.0 Å². The molecule has 0 unspecified atom stereocenters. The van der Waals surface area contributed by atoms with E-state index < -0.39 is 30.1 Å². The highest BCUT2D eigenvalue weighted by Gasteiger charge is 2.42. The first-order chi connectivity index (χ1) is 30.9. The number of nitrogens with zero attached hydrogens (tertiary/aromatic N) is 4. The molecule has 1 saturated heterocycles. The zero-order valence-corrected chi connectivity index (χ0v) is 35.0. The molecule has 2 aliphatic heterocycles. The van der Waals surface area contributed by atoms with E-state index in [1.165, 1.54) is 6.33 Å². The van der Waals surface area contributed by atoms with Crippen LogP contribution in [0.1, 0.15) is 29.3 Å². The monoisotopic (exact) mass is 862 g/mol. The fraction of sp³-hybridized carbons (Fsp3) is 0.348. The number of aliphatic hydroxyl groups is 1. The summed E-state index contributed by atoms with van der Waals surface area (Å²) in [6.07, 6.45) is 0.842. The number of benzene rings is 4. The number of aromatic nitrogens is 4. The van der Waals surface area contributed by atoms with Crippen molar-refractivity contribution in [1.29, 1.82) is 0 Å². The van der Waals surface area contributed by atoms with Gasteiger partial charge < -0.3 is 53.1 Å². The number of carbonyl (C=O) groups is 1. The molecule has 3 atom stereocenters. The molecule has 1 fully saturated rings. The van der Waals surface area contributed by atoms with Crippen molar-refractivity contribution in [1.82, 2.24) is 19.5 Å². The van der Waals surface area contributed by atoms with E-state index in [0.717, 1.165) is 16.7 Å². The molecule has 4 heterocycles. The molecule has 17 nitrogen and oxygen atoms in total. The summed E-state index contributed by atoms with van der Waals surface area (Å²) in [6.45, 7) is 3.13. The minimum Gasteiger partial charge on any atom is -0.497 e. The van der Waals surface area contributed by atoms with Crippen LogP contribution >= 0.6 is 0 Å². The van der Waals surface area contributed by atoms with E-state index in [1.54, 1.807) is 43.3 Å². The highest BCUT2D eigenvalue weighted by Crippen LogP contribution is 2.43. The lowest BCUT2D eigenvalue weighted by Crippen LogP contribution is -2.38. The molecule has 4 aromatic carbocycles. The summed E-state index contributed by atoms with van der Waals surface area (Å²) in [5, 5.41) is 17.1. The van der Waals surface area contributed by atoms with E-state index in [-0.39, 0.29) is 25.5 Å². The van der Waals surface area contributed by atoms with Gasteiger partial charge >= 0.3 is 6.03 Å². The Bertz CT molecular complexity index is 2350. The number of anilines is 2. The summed E-state index contributed by atoms with van der Waals surface area (Å²) < 4.78 is 54.7. The molecule has 0 spiro atoms. The second kappa shape index (κ2) is 20.7. The molecule has 0 saturated carbocycles. The second-order valence-electron chi connectivity index (χ2n) is 14.6. The lowest BCUT2D eigenvalue weighted by atomic mass is 9.80. The number of imidazole rings is 1. The van der Waals surface area contributed by atoms with Crippen molar-refractivity contribution < 1.29 is 52.5 Å². The van der Waals surface area contributed by atoms with Crippen molar-refractivity contribution in [3.05, 3.63) is 126 Å². The zero-order valence-electron chi connectivity index (χ0n) is 35.0. The van der Waals surface area contributed by atoms with Gasteiger partial charge in [-0.05, 0) is 53.1 Å². The maximum atomic E-state index is 13.4. The fourth-order valence-electron chi connectivity index (χ4n) is 7.52. The SMILES string of the molecule is COc1ccc(C(OC[C@H]2O[C@@H](n3cnc4c(NC(=O)Nc5ccc6c(c5)OCCOCCOCCOCCO6)ncnc43)C[C@@H]2O)(c2ccccc2)c2ccc(OC)cc2)cc1. The predicted octanol–water partition coefficient (Wildman–Crippen LogP) is 5.97. The number of aliphatic hydroxyl groups excluding tert-OH is 1. The van der Waals surface area contributed by atoms with E-state index in [4.69, 9.17) is 42.6 Å². The Labute approximate surface area is 364 Å². The molecular weight excluding hydrogens is 813 g/mol. The van der Waals surface area contributed by atoms with Crippen LogP contribution in [0, 0.1) is 0 Å². The van der Waals surface area contributed by atoms with Gasteiger partial charge in [0.2, 0.25) is 0 Å². The first-order valence-corrected chi connectivity index (χ1v) is 20.7. The van der Waals surface area contributed by atoms with Gasteiger partial charge in [-0.3, -0.25) is 9.88 Å². The Hall–Kier alpha value is -6.34. The number of hydrogen-bond donors (Lipinski definition) is 3. The van der Waals surface area contributed by atoms with Gasteiger partial charge in [-0.2, -0.15) is 0 Å². The number of amides is 2. The molecule has 2 amide bonds. The summed E-state index contributed by atoms with van der Waals surface area (Å²) in [5.74, 6) is 2.51. The van der Waals surface area contributed by atoms with E-state index in [1.807, 2.05) is 78.9 Å². The van der Waals surface area contributed by atoms with Crippen LogP contribution in [0.25, 0.3) is 11.2 Å². The Morgan fingerprint density at radius 2 is 1.33 bits per heavy atom. The van der Waals surface area contributed by atoms with E-state index in [2.05, 4.69) is 25.6 Å². The van der Waals surface area contributed by atoms with Crippen molar-refractivity contribution in [3.63, 3.8) is 0 Å². The average Bonchev–Trinajstić information content (AvgIpc) is 3.92. The number of nitrogens with one attached hydrogen (secondary N) is 2. The third-order valence-electron chi connectivity index (χ3n) is 10.7. The van der Waals surface area contributed by atoms with Crippen LogP contribution in [0.3, 0.4) is 0 Å². The third kappa shape index (κ3) is 10.1. The minimum atomic E-state index is -1.10. The normalized spacial score (nSPS) is 18.8. The summed E-state index contributed by atoms with van der Waals surface area (Å²) in [4.78, 5) is 26.7. The molecule has 3 N–H and O–H groups in total. The van der Waals surface area contributed by atoms with Crippen LogP contribution in [0.15, 0.2) is 110 Å². The van der Waals surface area contributed by atoms with Crippen molar-refractivity contribution in [2.45, 2.75) is 30.5 Å². The number of methoxy groups -OCH3 is 2. The summed E-state index contributed by atoms with van der Waals surface area (Å²) in [5.41, 5.74) is 2.66. The summed E-state index contributed by atoms with van der Waals surface area (Å²) in [7, 11) is 3.25. The van der Waals surface area contributed by atoms with Crippen LogP contribution in [0.5, 0.6) is 23.0 Å². The van der Waals surface area contributed by atoms with Crippen molar-refractivity contribution in [2.75, 3.05) is 84.3 Å². The summed E-state index contributed by atoms with van der Waals surface area (Å²) in [6, 6.07) is 29.9. The molecule has 2 aromatic heterocycles. The fourth-order valence-corrected chi connectivity index (χ4v) is 7.52. The van der Waals surface area contributed by atoms with E-state index >= 15 is 0 Å². The number of ether oxygens (including phenoxy) is 9. The second-order valence-corrected chi connectivity index (χ2v) is 14.6. The van der Waals surface area contributed by atoms with E-state index in [0.29, 0.717) is 86.1 Å². The molecule has 2 aliphatic rings. The number of fused-ring (bicyclic) bond motifs is 2. The van der Waals surface area contributed by atoms with Crippen LogP contribution in [-0.2, 0) is 29.3 Å². The van der Waals surface area contributed by atoms with Gasteiger partial charge in [0.05, 0.1) is 72.9 Å².